The molecular weight excluding hydrogens is 239 g/mol. The SMILES string of the molecule is Bc1ccc2ncc(C(=O)N3CCN(C)CC3)n2c1. The number of amides is 1. The van der Waals surface area contributed by atoms with Gasteiger partial charge >= 0.3 is 0 Å². The molecule has 0 N–H and O–H groups in total. The van der Waals surface area contributed by atoms with Crippen molar-refractivity contribution in [2.24, 2.45) is 0 Å². The van der Waals surface area contributed by atoms with E-state index in [1.807, 2.05) is 35.5 Å². The lowest BCUT2D eigenvalue weighted by atomic mass is 9.99. The van der Waals surface area contributed by atoms with E-state index >= 15 is 0 Å². The van der Waals surface area contributed by atoms with Crippen LogP contribution < -0.4 is 5.46 Å². The molecule has 1 aliphatic heterocycles. The van der Waals surface area contributed by atoms with E-state index in [-0.39, 0.29) is 5.91 Å². The lowest BCUT2D eigenvalue weighted by molar-refractivity contribution is 0.0657. The summed E-state index contributed by atoms with van der Waals surface area (Å²) in [6.07, 6.45) is 3.64. The first-order valence-electron chi connectivity index (χ1n) is 6.57. The van der Waals surface area contributed by atoms with E-state index in [9.17, 15) is 4.79 Å². The maximum Gasteiger partial charge on any atom is 0.272 e. The Morgan fingerprint density at radius 2 is 2.00 bits per heavy atom. The minimum Gasteiger partial charge on any atom is -0.335 e. The fraction of sp³-hybridized carbons (Fsp3) is 0.385. The summed E-state index contributed by atoms with van der Waals surface area (Å²) in [6, 6.07) is 3.95. The van der Waals surface area contributed by atoms with Crippen molar-refractivity contribution in [2.45, 2.75) is 0 Å². The number of pyridine rings is 1. The lowest BCUT2D eigenvalue weighted by Crippen LogP contribution is -2.47. The molecule has 1 amide bonds. The first-order chi connectivity index (χ1) is 9.15. The highest BCUT2D eigenvalue weighted by atomic mass is 16.2. The highest BCUT2D eigenvalue weighted by molar-refractivity contribution is 6.32. The summed E-state index contributed by atoms with van der Waals surface area (Å²) in [6.45, 7) is 3.44. The normalized spacial score (nSPS) is 17.0. The zero-order valence-corrected chi connectivity index (χ0v) is 11.3. The van der Waals surface area contributed by atoms with Gasteiger partial charge in [0.25, 0.3) is 5.91 Å². The number of hydrogen-bond acceptors (Lipinski definition) is 3. The van der Waals surface area contributed by atoms with E-state index in [1.165, 1.54) is 0 Å². The Kier molecular flexibility index (Phi) is 3.02. The second-order valence-corrected chi connectivity index (χ2v) is 5.17. The maximum atomic E-state index is 12.5. The molecule has 6 heteroatoms. The Bertz CT molecular complexity index is 616. The van der Waals surface area contributed by atoms with Crippen molar-refractivity contribution in [3.8, 4) is 0 Å². The number of likely N-dealkylation sites (N-methyl/N-ethyl adjacent to an activating group) is 1. The molecule has 1 aliphatic rings. The molecule has 19 heavy (non-hydrogen) atoms. The van der Waals surface area contributed by atoms with Crippen LogP contribution in [0.25, 0.3) is 5.65 Å². The number of piperazine rings is 1. The Morgan fingerprint density at radius 1 is 1.26 bits per heavy atom. The Hall–Kier alpha value is -1.82. The molecule has 1 saturated heterocycles. The summed E-state index contributed by atoms with van der Waals surface area (Å²) in [5.41, 5.74) is 2.60. The van der Waals surface area contributed by atoms with Crippen molar-refractivity contribution in [1.82, 2.24) is 19.2 Å². The van der Waals surface area contributed by atoms with Crippen LogP contribution in [0.15, 0.2) is 24.5 Å². The van der Waals surface area contributed by atoms with E-state index < -0.39 is 0 Å². The number of imidazole rings is 1. The van der Waals surface area contributed by atoms with E-state index in [0.717, 1.165) is 37.3 Å². The van der Waals surface area contributed by atoms with Gasteiger partial charge in [-0.2, -0.15) is 0 Å². The van der Waals surface area contributed by atoms with Crippen LogP contribution in [0, 0.1) is 0 Å². The minimum absolute atomic E-state index is 0.0752. The molecule has 3 heterocycles. The molecular formula is C13H17BN4O. The van der Waals surface area contributed by atoms with Gasteiger partial charge in [0, 0.05) is 32.4 Å². The van der Waals surface area contributed by atoms with Gasteiger partial charge in [-0.1, -0.05) is 11.5 Å². The molecule has 0 saturated carbocycles. The van der Waals surface area contributed by atoms with Gasteiger partial charge in [0.05, 0.1) is 6.20 Å². The second kappa shape index (κ2) is 4.70. The lowest BCUT2D eigenvalue weighted by Gasteiger charge is -2.32. The third-order valence-electron chi connectivity index (χ3n) is 3.66. The molecule has 5 nitrogen and oxygen atoms in total. The third-order valence-corrected chi connectivity index (χ3v) is 3.66. The van der Waals surface area contributed by atoms with Gasteiger partial charge in [0.2, 0.25) is 0 Å². The number of carbonyl (C=O) groups excluding carboxylic acids is 1. The first-order valence-corrected chi connectivity index (χ1v) is 6.57. The minimum atomic E-state index is 0.0752. The van der Waals surface area contributed by atoms with Crippen LogP contribution in [-0.4, -0.2) is 66.2 Å². The summed E-state index contributed by atoms with van der Waals surface area (Å²) < 4.78 is 1.88. The summed E-state index contributed by atoms with van der Waals surface area (Å²) in [5, 5.41) is 0. The molecule has 2 aromatic rings. The van der Waals surface area contributed by atoms with Crippen LogP contribution in [0.1, 0.15) is 10.5 Å². The molecule has 0 spiro atoms. The maximum absolute atomic E-state index is 12.5. The topological polar surface area (TPSA) is 40.9 Å². The zero-order chi connectivity index (χ0) is 13.4. The van der Waals surface area contributed by atoms with Crippen molar-refractivity contribution in [3.05, 3.63) is 30.2 Å². The van der Waals surface area contributed by atoms with Crippen LogP contribution in [0.4, 0.5) is 0 Å². The molecule has 3 rings (SSSR count). The number of fused-ring (bicyclic) bond motifs is 1. The van der Waals surface area contributed by atoms with Gasteiger partial charge in [-0.25, -0.2) is 4.98 Å². The summed E-state index contributed by atoms with van der Waals surface area (Å²) in [7, 11) is 4.10. The summed E-state index contributed by atoms with van der Waals surface area (Å²) >= 11 is 0. The van der Waals surface area contributed by atoms with Crippen LogP contribution in [0.2, 0.25) is 0 Å². The average molecular weight is 256 g/mol. The van der Waals surface area contributed by atoms with Crippen LogP contribution in [-0.2, 0) is 0 Å². The van der Waals surface area contributed by atoms with Crippen molar-refractivity contribution >= 4 is 24.9 Å². The van der Waals surface area contributed by atoms with Crippen LogP contribution >= 0.6 is 0 Å². The first kappa shape index (κ1) is 12.2. The summed E-state index contributed by atoms with van der Waals surface area (Å²) in [5.74, 6) is 0.0752. The summed E-state index contributed by atoms with van der Waals surface area (Å²) in [4.78, 5) is 21.0. The monoisotopic (exact) mass is 256 g/mol. The molecule has 0 atom stereocenters. The second-order valence-electron chi connectivity index (χ2n) is 5.17. The number of aromatic nitrogens is 2. The van der Waals surface area contributed by atoms with E-state index in [0.29, 0.717) is 5.69 Å². The molecule has 0 aliphatic carbocycles. The largest absolute Gasteiger partial charge is 0.335 e. The van der Waals surface area contributed by atoms with Gasteiger partial charge in [-0.15, -0.1) is 0 Å². The predicted octanol–water partition coefficient (Wildman–Crippen LogP) is -1.02. The number of nitrogens with zero attached hydrogens (tertiary/aromatic N) is 4. The van der Waals surface area contributed by atoms with Gasteiger partial charge in [0.15, 0.2) is 0 Å². The zero-order valence-electron chi connectivity index (χ0n) is 11.3. The van der Waals surface area contributed by atoms with Gasteiger partial charge in [0.1, 0.15) is 19.2 Å². The molecule has 0 bridgehead atoms. The van der Waals surface area contributed by atoms with Gasteiger partial charge < -0.3 is 9.80 Å². The molecule has 98 valence electrons. The van der Waals surface area contributed by atoms with Crippen molar-refractivity contribution in [1.29, 1.82) is 0 Å². The van der Waals surface area contributed by atoms with Crippen molar-refractivity contribution in [3.63, 3.8) is 0 Å². The Labute approximate surface area is 113 Å². The highest BCUT2D eigenvalue weighted by Gasteiger charge is 2.22. The van der Waals surface area contributed by atoms with Gasteiger partial charge in [-0.3, -0.25) is 9.20 Å². The molecule has 2 aromatic heterocycles. The standard InChI is InChI=1S/C13H17BN4O/c1-16-4-6-17(7-5-16)13(19)11-8-15-12-3-2-10(14)9-18(11)12/h2-3,8-9H,4-7,14H2,1H3. The third kappa shape index (κ3) is 2.23. The smallest absolute Gasteiger partial charge is 0.272 e. The average Bonchev–Trinajstić information content (AvgIpc) is 2.81. The molecule has 1 fully saturated rings. The Morgan fingerprint density at radius 3 is 2.74 bits per heavy atom. The van der Waals surface area contributed by atoms with E-state index in [1.54, 1.807) is 6.20 Å². The van der Waals surface area contributed by atoms with Crippen LogP contribution in [0.5, 0.6) is 0 Å². The number of carbonyl (C=O) groups is 1. The van der Waals surface area contributed by atoms with E-state index in [4.69, 9.17) is 0 Å². The quantitative estimate of drug-likeness (QED) is 0.613. The Balaban J connectivity index is 1.91. The fourth-order valence-electron chi connectivity index (χ4n) is 2.42. The molecule has 0 aromatic carbocycles. The van der Waals surface area contributed by atoms with Crippen LogP contribution in [0.3, 0.4) is 0 Å². The van der Waals surface area contributed by atoms with E-state index in [2.05, 4.69) is 16.9 Å². The molecule has 0 unspecified atom stereocenters. The number of rotatable bonds is 1. The highest BCUT2D eigenvalue weighted by Crippen LogP contribution is 2.10. The van der Waals surface area contributed by atoms with Crippen molar-refractivity contribution < 1.29 is 4.79 Å². The molecule has 0 radical (unpaired) electrons. The van der Waals surface area contributed by atoms with Crippen molar-refractivity contribution in [2.75, 3.05) is 33.2 Å². The van der Waals surface area contributed by atoms with Gasteiger partial charge in [-0.05, 0) is 13.1 Å². The predicted molar refractivity (Wildman–Crippen MR) is 76.8 cm³/mol. The number of hydrogen-bond donors (Lipinski definition) is 0. The fourth-order valence-corrected chi connectivity index (χ4v) is 2.42.